The highest BCUT2D eigenvalue weighted by molar-refractivity contribution is 4.75. The van der Waals surface area contributed by atoms with Gasteiger partial charge in [0.1, 0.15) is 0 Å². The predicted molar refractivity (Wildman–Crippen MR) is 68.9 cm³/mol. The van der Waals surface area contributed by atoms with Gasteiger partial charge in [-0.2, -0.15) is 0 Å². The lowest BCUT2D eigenvalue weighted by molar-refractivity contribution is 0.249. The Kier molecular flexibility index (Phi) is 6.46. The van der Waals surface area contributed by atoms with Crippen LogP contribution in [0.4, 0.5) is 0 Å². The third kappa shape index (κ3) is 6.16. The molecule has 0 aliphatic rings. The Morgan fingerprint density at radius 1 is 1.13 bits per heavy atom. The molecule has 0 aromatic rings. The van der Waals surface area contributed by atoms with Gasteiger partial charge < -0.3 is 11.1 Å². The first-order chi connectivity index (χ1) is 6.79. The van der Waals surface area contributed by atoms with Gasteiger partial charge in [0.25, 0.3) is 0 Å². The molecular formula is C13H30N2. The molecule has 15 heavy (non-hydrogen) atoms. The zero-order valence-electron chi connectivity index (χ0n) is 11.4. The molecule has 0 rings (SSSR count). The van der Waals surface area contributed by atoms with Crippen LogP contribution in [0, 0.1) is 17.3 Å². The first kappa shape index (κ1) is 14.9. The van der Waals surface area contributed by atoms with Crippen LogP contribution in [-0.2, 0) is 0 Å². The minimum Gasteiger partial charge on any atom is -0.326 e. The Balaban J connectivity index is 3.71. The van der Waals surface area contributed by atoms with Crippen molar-refractivity contribution in [1.29, 1.82) is 0 Å². The van der Waals surface area contributed by atoms with E-state index in [-0.39, 0.29) is 0 Å². The molecule has 0 spiro atoms. The van der Waals surface area contributed by atoms with Crippen LogP contribution < -0.4 is 11.1 Å². The van der Waals surface area contributed by atoms with Gasteiger partial charge >= 0.3 is 0 Å². The van der Waals surface area contributed by atoms with E-state index in [1.807, 2.05) is 0 Å². The summed E-state index contributed by atoms with van der Waals surface area (Å²) < 4.78 is 0. The Labute approximate surface area is 96.0 Å². The second-order valence-corrected chi connectivity index (χ2v) is 5.97. The molecule has 0 aliphatic carbocycles. The molecule has 0 bridgehead atoms. The summed E-state index contributed by atoms with van der Waals surface area (Å²) in [5.74, 6) is 1.30. The van der Waals surface area contributed by atoms with Gasteiger partial charge in [-0.3, -0.25) is 0 Å². The first-order valence-corrected chi connectivity index (χ1v) is 6.25. The van der Waals surface area contributed by atoms with Gasteiger partial charge in [0, 0.05) is 12.6 Å². The second-order valence-electron chi connectivity index (χ2n) is 5.97. The van der Waals surface area contributed by atoms with Crippen molar-refractivity contribution >= 4 is 0 Å². The average Bonchev–Trinajstić information content (AvgIpc) is 2.14. The quantitative estimate of drug-likeness (QED) is 0.713. The lowest BCUT2D eigenvalue weighted by Gasteiger charge is -2.28. The van der Waals surface area contributed by atoms with E-state index in [9.17, 15) is 0 Å². The molecule has 0 radical (unpaired) electrons. The first-order valence-electron chi connectivity index (χ1n) is 6.25. The summed E-state index contributed by atoms with van der Waals surface area (Å²) in [5.41, 5.74) is 6.44. The Hall–Kier alpha value is -0.0800. The van der Waals surface area contributed by atoms with Crippen LogP contribution in [-0.4, -0.2) is 19.1 Å². The van der Waals surface area contributed by atoms with Gasteiger partial charge in [0.05, 0.1) is 0 Å². The molecular weight excluding hydrogens is 184 g/mol. The monoisotopic (exact) mass is 214 g/mol. The molecule has 0 aliphatic heterocycles. The number of nitrogens with two attached hydrogens (primary N) is 1. The van der Waals surface area contributed by atoms with Crippen LogP contribution >= 0.6 is 0 Å². The molecule has 0 saturated carbocycles. The maximum absolute atomic E-state index is 6.06. The van der Waals surface area contributed by atoms with Crippen molar-refractivity contribution in [3.63, 3.8) is 0 Å². The number of rotatable bonds is 6. The van der Waals surface area contributed by atoms with Crippen LogP contribution in [0.3, 0.4) is 0 Å². The van der Waals surface area contributed by atoms with Gasteiger partial charge in [-0.05, 0) is 23.8 Å². The highest BCUT2D eigenvalue weighted by atomic mass is 14.9. The molecule has 3 unspecified atom stereocenters. The van der Waals surface area contributed by atoms with E-state index in [0.717, 1.165) is 19.5 Å². The standard InChI is InChI=1S/C13H30N2/c1-7-10(2)12(14)9-15-8-11(3)13(4,5)6/h10-12,15H,7-9,14H2,1-6H3. The molecule has 92 valence electrons. The fourth-order valence-corrected chi connectivity index (χ4v) is 1.28. The molecule has 0 saturated heterocycles. The van der Waals surface area contributed by atoms with Gasteiger partial charge in [-0.1, -0.05) is 48.0 Å². The summed E-state index contributed by atoms with van der Waals surface area (Å²) in [5, 5.41) is 3.48. The highest BCUT2D eigenvalue weighted by Crippen LogP contribution is 2.24. The highest BCUT2D eigenvalue weighted by Gasteiger charge is 2.19. The average molecular weight is 214 g/mol. The lowest BCUT2D eigenvalue weighted by Crippen LogP contribution is -2.41. The summed E-state index contributed by atoms with van der Waals surface area (Å²) in [4.78, 5) is 0. The molecule has 2 nitrogen and oxygen atoms in total. The maximum Gasteiger partial charge on any atom is 0.0191 e. The summed E-state index contributed by atoms with van der Waals surface area (Å²) in [7, 11) is 0. The second kappa shape index (κ2) is 6.49. The topological polar surface area (TPSA) is 38.0 Å². The molecule has 3 atom stereocenters. The fraction of sp³-hybridized carbons (Fsp3) is 1.00. The smallest absolute Gasteiger partial charge is 0.0191 e. The SMILES string of the molecule is CCC(C)C(N)CNCC(C)C(C)(C)C. The van der Waals surface area contributed by atoms with Crippen molar-refractivity contribution in [2.24, 2.45) is 23.0 Å². The largest absolute Gasteiger partial charge is 0.326 e. The maximum atomic E-state index is 6.06. The van der Waals surface area contributed by atoms with Crippen LogP contribution in [0.1, 0.15) is 48.0 Å². The van der Waals surface area contributed by atoms with E-state index in [0.29, 0.717) is 23.3 Å². The molecule has 0 aromatic carbocycles. The van der Waals surface area contributed by atoms with Crippen molar-refractivity contribution in [2.75, 3.05) is 13.1 Å². The Bertz CT molecular complexity index is 160. The molecule has 0 amide bonds. The number of hydrogen-bond donors (Lipinski definition) is 2. The van der Waals surface area contributed by atoms with Crippen LogP contribution in [0.5, 0.6) is 0 Å². The van der Waals surface area contributed by atoms with Gasteiger partial charge in [0.2, 0.25) is 0 Å². The van der Waals surface area contributed by atoms with Crippen molar-refractivity contribution in [2.45, 2.75) is 54.0 Å². The van der Waals surface area contributed by atoms with Crippen molar-refractivity contribution in [1.82, 2.24) is 5.32 Å². The zero-order valence-corrected chi connectivity index (χ0v) is 11.4. The third-order valence-corrected chi connectivity index (χ3v) is 3.68. The Morgan fingerprint density at radius 3 is 2.07 bits per heavy atom. The van der Waals surface area contributed by atoms with E-state index >= 15 is 0 Å². The molecule has 0 aromatic heterocycles. The summed E-state index contributed by atoms with van der Waals surface area (Å²) in [6.07, 6.45) is 1.16. The Morgan fingerprint density at radius 2 is 1.67 bits per heavy atom. The number of hydrogen-bond acceptors (Lipinski definition) is 2. The van der Waals surface area contributed by atoms with Crippen LogP contribution in [0.2, 0.25) is 0 Å². The predicted octanol–water partition coefficient (Wildman–Crippen LogP) is 2.63. The van der Waals surface area contributed by atoms with E-state index in [1.54, 1.807) is 0 Å². The summed E-state index contributed by atoms with van der Waals surface area (Å²) >= 11 is 0. The van der Waals surface area contributed by atoms with Crippen LogP contribution in [0.25, 0.3) is 0 Å². The summed E-state index contributed by atoms with van der Waals surface area (Å²) in [6, 6.07) is 0.294. The summed E-state index contributed by atoms with van der Waals surface area (Å²) in [6.45, 7) is 15.6. The molecule has 0 fully saturated rings. The molecule has 3 N–H and O–H groups in total. The minimum atomic E-state index is 0.294. The van der Waals surface area contributed by atoms with Gasteiger partial charge in [-0.25, -0.2) is 0 Å². The zero-order chi connectivity index (χ0) is 12.1. The van der Waals surface area contributed by atoms with Crippen molar-refractivity contribution < 1.29 is 0 Å². The van der Waals surface area contributed by atoms with Gasteiger partial charge in [-0.15, -0.1) is 0 Å². The van der Waals surface area contributed by atoms with E-state index in [1.165, 1.54) is 0 Å². The van der Waals surface area contributed by atoms with E-state index in [2.05, 4.69) is 46.9 Å². The molecule has 0 heterocycles. The normalized spacial score (nSPS) is 18.6. The van der Waals surface area contributed by atoms with Crippen LogP contribution in [0.15, 0.2) is 0 Å². The fourth-order valence-electron chi connectivity index (χ4n) is 1.28. The van der Waals surface area contributed by atoms with E-state index in [4.69, 9.17) is 5.73 Å². The third-order valence-electron chi connectivity index (χ3n) is 3.68. The molecule has 2 heteroatoms. The van der Waals surface area contributed by atoms with E-state index < -0.39 is 0 Å². The number of nitrogens with one attached hydrogen (secondary N) is 1. The van der Waals surface area contributed by atoms with Crippen molar-refractivity contribution in [3.8, 4) is 0 Å². The lowest BCUT2D eigenvalue weighted by atomic mass is 9.82. The minimum absolute atomic E-state index is 0.294. The van der Waals surface area contributed by atoms with Gasteiger partial charge in [0.15, 0.2) is 0 Å². The van der Waals surface area contributed by atoms with Crippen molar-refractivity contribution in [3.05, 3.63) is 0 Å².